The minimum Gasteiger partial charge on any atom is -0.292 e. The van der Waals surface area contributed by atoms with E-state index >= 15 is 0 Å². The number of Topliss-reactive ketones (excluding diaryl/α,β-unsaturated/α-hetero) is 1. The molecule has 0 radical (unpaired) electrons. The summed E-state index contributed by atoms with van der Waals surface area (Å²) in [6.07, 6.45) is 2.44. The first-order valence-corrected chi connectivity index (χ1v) is 8.56. The minimum absolute atomic E-state index is 0.0263. The van der Waals surface area contributed by atoms with E-state index in [-0.39, 0.29) is 18.6 Å². The zero-order valence-electron chi connectivity index (χ0n) is 12.3. The highest BCUT2D eigenvalue weighted by atomic mass is 32.1. The van der Waals surface area contributed by atoms with E-state index in [2.05, 4.69) is 23.8 Å². The van der Waals surface area contributed by atoms with Gasteiger partial charge in [0.1, 0.15) is 5.69 Å². The van der Waals surface area contributed by atoms with Gasteiger partial charge in [0.25, 0.3) is 0 Å². The third-order valence-corrected chi connectivity index (χ3v) is 4.87. The van der Waals surface area contributed by atoms with E-state index in [9.17, 15) is 9.59 Å². The van der Waals surface area contributed by atoms with Crippen molar-refractivity contribution < 1.29 is 14.8 Å². The molecule has 2 N–H and O–H groups in total. The lowest BCUT2D eigenvalue weighted by Gasteiger charge is -2.04. The molecular formula is C14H17N3O3S2. The SMILES string of the molecule is CC(C)Cc1sc(-c2nccs2)nc1C(=O)CCC(=O)NO. The van der Waals surface area contributed by atoms with Crippen LogP contribution in [0.4, 0.5) is 0 Å². The molecule has 0 aliphatic carbocycles. The summed E-state index contributed by atoms with van der Waals surface area (Å²) in [4.78, 5) is 33.0. The fourth-order valence-electron chi connectivity index (χ4n) is 1.90. The second kappa shape index (κ2) is 7.57. The highest BCUT2D eigenvalue weighted by Crippen LogP contribution is 2.31. The van der Waals surface area contributed by atoms with Crippen LogP contribution in [0.1, 0.15) is 42.1 Å². The number of carbonyl (C=O) groups excluding carboxylic acids is 2. The molecule has 6 nitrogen and oxygen atoms in total. The number of hydrogen-bond donors (Lipinski definition) is 2. The van der Waals surface area contributed by atoms with Crippen LogP contribution in [0.5, 0.6) is 0 Å². The fraction of sp³-hybridized carbons (Fsp3) is 0.429. The van der Waals surface area contributed by atoms with Gasteiger partial charge in [-0.05, 0) is 12.3 Å². The lowest BCUT2D eigenvalue weighted by molar-refractivity contribution is -0.129. The maximum absolute atomic E-state index is 12.3. The monoisotopic (exact) mass is 339 g/mol. The topological polar surface area (TPSA) is 92.2 Å². The average molecular weight is 339 g/mol. The molecule has 0 saturated heterocycles. The quantitative estimate of drug-likeness (QED) is 0.460. The number of nitrogens with one attached hydrogen (secondary N) is 1. The zero-order valence-corrected chi connectivity index (χ0v) is 14.0. The fourth-order valence-corrected chi connectivity index (χ4v) is 3.87. The van der Waals surface area contributed by atoms with E-state index in [1.54, 1.807) is 6.20 Å². The Morgan fingerprint density at radius 1 is 1.32 bits per heavy atom. The molecule has 22 heavy (non-hydrogen) atoms. The van der Waals surface area contributed by atoms with Crippen LogP contribution >= 0.6 is 22.7 Å². The highest BCUT2D eigenvalue weighted by molar-refractivity contribution is 7.20. The van der Waals surface area contributed by atoms with Crippen LogP contribution in [0, 0.1) is 5.92 Å². The maximum atomic E-state index is 12.3. The average Bonchev–Trinajstić information content (AvgIpc) is 3.12. The van der Waals surface area contributed by atoms with Crippen molar-refractivity contribution in [3.63, 3.8) is 0 Å². The third-order valence-electron chi connectivity index (χ3n) is 2.87. The minimum atomic E-state index is -0.575. The molecule has 2 aromatic rings. The van der Waals surface area contributed by atoms with E-state index in [1.165, 1.54) is 28.2 Å². The number of hydrogen-bond acceptors (Lipinski definition) is 7. The van der Waals surface area contributed by atoms with Gasteiger partial charge in [0.15, 0.2) is 15.8 Å². The third kappa shape index (κ3) is 4.19. The summed E-state index contributed by atoms with van der Waals surface area (Å²) in [6, 6.07) is 0. The number of ketones is 1. The number of rotatable bonds is 7. The molecule has 2 rings (SSSR count). The summed E-state index contributed by atoms with van der Waals surface area (Å²) < 4.78 is 0. The molecule has 0 atom stereocenters. The first kappa shape index (κ1) is 16.7. The van der Waals surface area contributed by atoms with Gasteiger partial charge < -0.3 is 0 Å². The van der Waals surface area contributed by atoms with E-state index in [1.807, 2.05) is 5.38 Å². The van der Waals surface area contributed by atoms with E-state index in [0.717, 1.165) is 21.3 Å². The molecule has 118 valence electrons. The molecule has 0 aliphatic rings. The van der Waals surface area contributed by atoms with Crippen molar-refractivity contribution in [1.29, 1.82) is 0 Å². The Hall–Kier alpha value is -1.64. The van der Waals surface area contributed by atoms with Gasteiger partial charge in [0.05, 0.1) is 0 Å². The van der Waals surface area contributed by atoms with E-state index in [0.29, 0.717) is 11.6 Å². The normalized spacial score (nSPS) is 10.9. The number of hydroxylamine groups is 1. The second-order valence-electron chi connectivity index (χ2n) is 5.18. The molecule has 8 heteroatoms. The van der Waals surface area contributed by atoms with Crippen LogP contribution in [-0.4, -0.2) is 26.9 Å². The molecule has 0 spiro atoms. The van der Waals surface area contributed by atoms with Gasteiger partial charge in [0, 0.05) is 29.3 Å². The molecule has 2 aromatic heterocycles. The summed E-state index contributed by atoms with van der Waals surface area (Å²) in [7, 11) is 0. The van der Waals surface area contributed by atoms with Gasteiger partial charge in [-0.15, -0.1) is 22.7 Å². The van der Waals surface area contributed by atoms with Crippen molar-refractivity contribution in [2.75, 3.05) is 0 Å². The van der Waals surface area contributed by atoms with Crippen molar-refractivity contribution in [2.24, 2.45) is 5.92 Å². The standard InChI is InChI=1S/C14H17N3O3S2/c1-8(2)7-10-12(9(18)3-4-11(19)17-20)16-14(22-10)13-15-5-6-21-13/h5-6,8,20H,3-4,7H2,1-2H3,(H,17,19). The lowest BCUT2D eigenvalue weighted by atomic mass is 10.1. The summed E-state index contributed by atoms with van der Waals surface area (Å²) in [5.74, 6) is -0.357. The van der Waals surface area contributed by atoms with Gasteiger partial charge in [-0.1, -0.05) is 13.8 Å². The van der Waals surface area contributed by atoms with Crippen molar-refractivity contribution >= 4 is 34.4 Å². The summed E-state index contributed by atoms with van der Waals surface area (Å²) in [5.41, 5.74) is 1.95. The summed E-state index contributed by atoms with van der Waals surface area (Å²) in [6.45, 7) is 4.16. The van der Waals surface area contributed by atoms with E-state index in [4.69, 9.17) is 5.21 Å². The van der Waals surface area contributed by atoms with Gasteiger partial charge in [-0.2, -0.15) is 0 Å². The Labute approximate surface area is 136 Å². The van der Waals surface area contributed by atoms with Crippen LogP contribution in [-0.2, 0) is 11.2 Å². The second-order valence-corrected chi connectivity index (χ2v) is 7.16. The van der Waals surface area contributed by atoms with Crippen LogP contribution in [0.2, 0.25) is 0 Å². The number of amides is 1. The van der Waals surface area contributed by atoms with Gasteiger partial charge in [-0.3, -0.25) is 14.8 Å². The molecule has 0 fully saturated rings. The molecule has 0 aromatic carbocycles. The smallest absolute Gasteiger partial charge is 0.243 e. The molecular weight excluding hydrogens is 322 g/mol. The van der Waals surface area contributed by atoms with Crippen LogP contribution < -0.4 is 5.48 Å². The number of thiazole rings is 2. The lowest BCUT2D eigenvalue weighted by Crippen LogP contribution is -2.19. The van der Waals surface area contributed by atoms with Crippen LogP contribution in [0.3, 0.4) is 0 Å². The van der Waals surface area contributed by atoms with Crippen molar-refractivity contribution in [3.05, 3.63) is 22.1 Å². The van der Waals surface area contributed by atoms with Crippen LogP contribution in [0.15, 0.2) is 11.6 Å². The highest BCUT2D eigenvalue weighted by Gasteiger charge is 2.21. The summed E-state index contributed by atoms with van der Waals surface area (Å²) >= 11 is 2.96. The summed E-state index contributed by atoms with van der Waals surface area (Å²) in [5, 5.41) is 11.9. The van der Waals surface area contributed by atoms with Gasteiger partial charge in [-0.25, -0.2) is 15.4 Å². The first-order chi connectivity index (χ1) is 10.5. The Balaban J connectivity index is 2.23. The molecule has 0 aliphatic heterocycles. The predicted molar refractivity (Wildman–Crippen MR) is 85.3 cm³/mol. The van der Waals surface area contributed by atoms with E-state index < -0.39 is 5.91 Å². The van der Waals surface area contributed by atoms with Crippen molar-refractivity contribution in [3.8, 4) is 10.0 Å². The molecule has 0 saturated carbocycles. The Morgan fingerprint density at radius 2 is 2.09 bits per heavy atom. The predicted octanol–water partition coefficient (Wildman–Crippen LogP) is 2.93. The maximum Gasteiger partial charge on any atom is 0.243 e. The Morgan fingerprint density at radius 3 is 2.68 bits per heavy atom. The number of nitrogens with zero attached hydrogens (tertiary/aromatic N) is 2. The Kier molecular flexibility index (Phi) is 5.76. The molecule has 1 amide bonds. The van der Waals surface area contributed by atoms with Gasteiger partial charge >= 0.3 is 0 Å². The molecule has 2 heterocycles. The molecule has 0 unspecified atom stereocenters. The zero-order chi connectivity index (χ0) is 16.1. The number of aromatic nitrogens is 2. The van der Waals surface area contributed by atoms with Crippen molar-refractivity contribution in [1.82, 2.24) is 15.4 Å². The number of carbonyl (C=O) groups is 2. The largest absolute Gasteiger partial charge is 0.292 e. The van der Waals surface area contributed by atoms with Crippen molar-refractivity contribution in [2.45, 2.75) is 33.1 Å². The Bertz CT molecular complexity index is 650. The van der Waals surface area contributed by atoms with Gasteiger partial charge in [0.2, 0.25) is 5.91 Å². The first-order valence-electron chi connectivity index (χ1n) is 6.87. The van der Waals surface area contributed by atoms with Crippen LogP contribution in [0.25, 0.3) is 10.0 Å². The molecule has 0 bridgehead atoms.